The van der Waals surface area contributed by atoms with Crippen LogP contribution >= 0.6 is 0 Å². The Bertz CT molecular complexity index is 224. The van der Waals surface area contributed by atoms with Crippen LogP contribution in [0.1, 0.15) is 38.5 Å². The maximum absolute atomic E-state index is 6.08. The van der Waals surface area contributed by atoms with Gasteiger partial charge in [0, 0.05) is 12.1 Å². The third-order valence-corrected chi connectivity index (χ3v) is 7.23. The van der Waals surface area contributed by atoms with Gasteiger partial charge < -0.3 is 8.85 Å². The fourth-order valence-corrected chi connectivity index (χ4v) is 5.60. The second kappa shape index (κ2) is 5.28. The van der Waals surface area contributed by atoms with Crippen molar-refractivity contribution in [1.29, 1.82) is 0 Å². The summed E-state index contributed by atoms with van der Waals surface area (Å²) in [5.74, 6) is 0. The van der Waals surface area contributed by atoms with Gasteiger partial charge in [-0.05, 0) is 25.8 Å². The van der Waals surface area contributed by atoms with E-state index in [1.165, 1.54) is 32.1 Å². The molecule has 0 spiro atoms. The second-order valence-electron chi connectivity index (χ2n) is 4.77. The molecule has 86 valence electrons. The average Bonchev–Trinajstić information content (AvgIpc) is 2.25. The van der Waals surface area contributed by atoms with Gasteiger partial charge in [-0.2, -0.15) is 0 Å². The van der Waals surface area contributed by atoms with Gasteiger partial charge in [-0.25, -0.2) is 0 Å². The van der Waals surface area contributed by atoms with Crippen LogP contribution < -0.4 is 0 Å². The quantitative estimate of drug-likeness (QED) is 0.504. The molecule has 2 rings (SSSR count). The molecule has 1 aliphatic heterocycles. The minimum atomic E-state index is -1.87. The Hall–Kier alpha value is -0.123. The van der Waals surface area contributed by atoms with E-state index in [4.69, 9.17) is 8.85 Å². The van der Waals surface area contributed by atoms with Crippen LogP contribution in [-0.2, 0) is 8.85 Å². The zero-order valence-electron chi connectivity index (χ0n) is 9.71. The monoisotopic (exact) mass is 226 g/mol. The summed E-state index contributed by atoms with van der Waals surface area (Å²) >= 11 is 0. The van der Waals surface area contributed by atoms with Crippen LogP contribution in [0.5, 0.6) is 0 Å². The first-order valence-electron chi connectivity index (χ1n) is 6.24. The molecule has 3 heteroatoms. The first kappa shape index (κ1) is 11.4. The zero-order chi connectivity index (χ0) is 10.6. The molecule has 0 N–H and O–H groups in total. The molecule has 15 heavy (non-hydrogen) atoms. The molecular weight excluding hydrogens is 204 g/mol. The average molecular weight is 226 g/mol. The van der Waals surface area contributed by atoms with E-state index in [2.05, 4.69) is 18.7 Å². The summed E-state index contributed by atoms with van der Waals surface area (Å²) in [7, 11) is -1.87. The third-order valence-electron chi connectivity index (χ3n) is 3.65. The van der Waals surface area contributed by atoms with Crippen molar-refractivity contribution in [2.45, 2.75) is 50.6 Å². The van der Waals surface area contributed by atoms with Crippen LogP contribution in [0.25, 0.3) is 0 Å². The summed E-state index contributed by atoms with van der Waals surface area (Å²) in [5, 5.41) is 0. The number of hydrogen-bond acceptors (Lipinski definition) is 2. The van der Waals surface area contributed by atoms with Gasteiger partial charge in [0.1, 0.15) is 0 Å². The van der Waals surface area contributed by atoms with E-state index in [1.54, 1.807) is 0 Å². The molecule has 0 aromatic carbocycles. The molecule has 1 heterocycles. The molecule has 0 radical (unpaired) electrons. The summed E-state index contributed by atoms with van der Waals surface area (Å²) in [6.45, 7) is 3.89. The molecule has 1 aliphatic carbocycles. The maximum Gasteiger partial charge on any atom is 0.338 e. The zero-order valence-corrected chi connectivity index (χ0v) is 10.7. The van der Waals surface area contributed by atoms with Gasteiger partial charge in [-0.15, -0.1) is 0 Å². The van der Waals surface area contributed by atoms with Gasteiger partial charge in [0.15, 0.2) is 0 Å². The van der Waals surface area contributed by atoms with Gasteiger partial charge in [0.25, 0.3) is 0 Å². The first-order valence-corrected chi connectivity index (χ1v) is 8.63. The lowest BCUT2D eigenvalue weighted by Crippen LogP contribution is -2.45. The van der Waals surface area contributed by atoms with Gasteiger partial charge in [0.2, 0.25) is 0 Å². The van der Waals surface area contributed by atoms with E-state index < -0.39 is 8.56 Å². The highest BCUT2D eigenvalue weighted by Gasteiger charge is 2.41. The van der Waals surface area contributed by atoms with Gasteiger partial charge in [-0.1, -0.05) is 31.4 Å². The van der Waals surface area contributed by atoms with Crippen LogP contribution in [0.3, 0.4) is 0 Å². The summed E-state index contributed by atoms with van der Waals surface area (Å²) < 4.78 is 12.1. The van der Waals surface area contributed by atoms with Crippen molar-refractivity contribution in [3.05, 3.63) is 12.2 Å². The topological polar surface area (TPSA) is 18.5 Å². The molecule has 1 atom stereocenters. The molecule has 2 aliphatic rings. The van der Waals surface area contributed by atoms with Gasteiger partial charge >= 0.3 is 8.56 Å². The highest BCUT2D eigenvalue weighted by molar-refractivity contribution is 6.67. The minimum absolute atomic E-state index is 0.734. The molecule has 0 aromatic rings. The number of hydrogen-bond donors (Lipinski definition) is 0. The predicted octanol–water partition coefficient (Wildman–Crippen LogP) is 3.39. The molecule has 0 amide bonds. The van der Waals surface area contributed by atoms with Crippen molar-refractivity contribution < 1.29 is 8.85 Å². The van der Waals surface area contributed by atoms with Gasteiger partial charge in [0.05, 0.1) is 6.61 Å². The van der Waals surface area contributed by atoms with Crippen LogP contribution in [0.15, 0.2) is 12.2 Å². The lowest BCUT2D eigenvalue weighted by atomic mass is 10.0. The second-order valence-corrected chi connectivity index (χ2v) is 8.20. The Labute approximate surface area is 93.9 Å². The van der Waals surface area contributed by atoms with Crippen molar-refractivity contribution in [2.24, 2.45) is 0 Å². The maximum atomic E-state index is 6.08. The molecular formula is C12H22O2Si. The normalized spacial score (nSPS) is 36.9. The predicted molar refractivity (Wildman–Crippen MR) is 64.1 cm³/mol. The Kier molecular flexibility index (Phi) is 4.00. The van der Waals surface area contributed by atoms with Crippen LogP contribution in [0, 0.1) is 0 Å². The highest BCUT2D eigenvalue weighted by Crippen LogP contribution is 2.38. The molecule has 1 unspecified atom stereocenters. The smallest absolute Gasteiger partial charge is 0.338 e. The lowest BCUT2D eigenvalue weighted by Gasteiger charge is -2.37. The molecule has 2 nitrogen and oxygen atoms in total. The van der Waals surface area contributed by atoms with E-state index in [1.807, 2.05) is 0 Å². The molecule has 0 saturated heterocycles. The SMILES string of the molecule is C[Si]1(C2CCCCC2)OC/C=C\CCO1. The summed E-state index contributed by atoms with van der Waals surface area (Å²) in [6, 6.07) is 0. The van der Waals surface area contributed by atoms with E-state index in [0.717, 1.165) is 25.2 Å². The van der Waals surface area contributed by atoms with Crippen molar-refractivity contribution >= 4 is 8.56 Å². The Morgan fingerprint density at radius 1 is 1.07 bits per heavy atom. The molecule has 0 bridgehead atoms. The van der Waals surface area contributed by atoms with E-state index in [-0.39, 0.29) is 0 Å². The highest BCUT2D eigenvalue weighted by atomic mass is 28.4. The first-order chi connectivity index (χ1) is 7.31. The van der Waals surface area contributed by atoms with E-state index in [9.17, 15) is 0 Å². The largest absolute Gasteiger partial charge is 0.394 e. The lowest BCUT2D eigenvalue weighted by molar-refractivity contribution is 0.168. The van der Waals surface area contributed by atoms with Crippen LogP contribution in [-0.4, -0.2) is 21.8 Å². The Morgan fingerprint density at radius 2 is 1.87 bits per heavy atom. The summed E-state index contributed by atoms with van der Waals surface area (Å²) in [4.78, 5) is 0. The van der Waals surface area contributed by atoms with Crippen molar-refractivity contribution in [2.75, 3.05) is 13.2 Å². The molecule has 1 fully saturated rings. The fourth-order valence-electron chi connectivity index (χ4n) is 2.63. The fraction of sp³-hybridized carbons (Fsp3) is 0.833. The standard InChI is InChI=1S/C12H22O2Si/c1-15(12-8-4-2-5-9-12)13-10-6-3-7-11-14-15/h3,6,12H,2,4-5,7-11H2,1H3/b6-3-. The van der Waals surface area contributed by atoms with Crippen molar-refractivity contribution in [1.82, 2.24) is 0 Å². The summed E-state index contributed by atoms with van der Waals surface area (Å²) in [5.41, 5.74) is 0.734. The number of rotatable bonds is 1. The molecule has 1 saturated carbocycles. The Balaban J connectivity index is 1.98. The van der Waals surface area contributed by atoms with E-state index in [0.29, 0.717) is 0 Å². The van der Waals surface area contributed by atoms with Crippen molar-refractivity contribution in [3.63, 3.8) is 0 Å². The Morgan fingerprint density at radius 3 is 2.67 bits per heavy atom. The van der Waals surface area contributed by atoms with E-state index >= 15 is 0 Å². The third kappa shape index (κ3) is 2.92. The minimum Gasteiger partial charge on any atom is -0.394 e. The van der Waals surface area contributed by atoms with Gasteiger partial charge in [-0.3, -0.25) is 0 Å². The van der Waals surface area contributed by atoms with Crippen molar-refractivity contribution in [3.8, 4) is 0 Å². The summed E-state index contributed by atoms with van der Waals surface area (Å²) in [6.07, 6.45) is 12.2. The van der Waals surface area contributed by atoms with Crippen LogP contribution in [0.4, 0.5) is 0 Å². The molecule has 0 aromatic heterocycles. The van der Waals surface area contributed by atoms with Crippen LogP contribution in [0.2, 0.25) is 12.1 Å².